The summed E-state index contributed by atoms with van der Waals surface area (Å²) in [6.45, 7) is 3.54. The van der Waals surface area contributed by atoms with Crippen LogP contribution < -0.4 is 16.4 Å². The van der Waals surface area contributed by atoms with E-state index in [2.05, 4.69) is 32.5 Å². The number of carbonyl (C=O) groups is 3. The minimum atomic E-state index is -0.893. The lowest BCUT2D eigenvalue weighted by Crippen LogP contribution is -2.71. The average molecular weight is 545 g/mol. The predicted molar refractivity (Wildman–Crippen MR) is 139 cm³/mol. The number of thiazole rings is 1. The zero-order valence-electron chi connectivity index (χ0n) is 19.9. The standard InChI is InChI=1S/C22H24N8O5S2/c1-4-9-35-21(33)17-12(5-7-24-14-6-8-25-29(14)2)10-36-20-16(19(32)30(17)20)27-18(31)15(28-34-3)13-11-37-22(23)26-13/h4-8,11,16,20,24H,1,9-10H2,2-3H3,(H2,23,26)(H,27,31)/b7-5+,28-15-/t16-,20-/m1/s1. The number of amides is 2. The molecule has 194 valence electrons. The Hall–Kier alpha value is -4.11. The van der Waals surface area contributed by atoms with Crippen LogP contribution in [0.3, 0.4) is 0 Å². The molecule has 2 aliphatic heterocycles. The number of allylic oxidation sites excluding steroid dienone is 1. The topological polar surface area (TPSA) is 166 Å². The lowest BCUT2D eigenvalue weighted by Gasteiger charge is -2.49. The van der Waals surface area contributed by atoms with Crippen LogP contribution in [0.1, 0.15) is 5.69 Å². The van der Waals surface area contributed by atoms with Crippen molar-refractivity contribution in [1.29, 1.82) is 0 Å². The number of hydrogen-bond donors (Lipinski definition) is 3. The molecule has 15 heteroatoms. The van der Waals surface area contributed by atoms with Crippen molar-refractivity contribution >= 4 is 57.5 Å². The summed E-state index contributed by atoms with van der Waals surface area (Å²) in [6, 6.07) is 0.896. The number of ether oxygens (including phenoxy) is 1. The Labute approximate surface area is 220 Å². The summed E-state index contributed by atoms with van der Waals surface area (Å²) >= 11 is 2.54. The summed E-state index contributed by atoms with van der Waals surface area (Å²) in [7, 11) is 3.08. The van der Waals surface area contributed by atoms with E-state index in [-0.39, 0.29) is 28.8 Å². The monoisotopic (exact) mass is 544 g/mol. The number of oxime groups is 1. The zero-order chi connectivity index (χ0) is 26.5. The summed E-state index contributed by atoms with van der Waals surface area (Å²) < 4.78 is 6.90. The summed E-state index contributed by atoms with van der Waals surface area (Å²) in [4.78, 5) is 49.2. The van der Waals surface area contributed by atoms with Gasteiger partial charge in [-0.15, -0.1) is 23.1 Å². The van der Waals surface area contributed by atoms with Gasteiger partial charge in [0.2, 0.25) is 0 Å². The molecule has 1 saturated heterocycles. The van der Waals surface area contributed by atoms with E-state index in [1.165, 1.54) is 29.8 Å². The molecule has 2 amide bonds. The van der Waals surface area contributed by atoms with Gasteiger partial charge in [-0.1, -0.05) is 17.8 Å². The minimum absolute atomic E-state index is 0.0137. The van der Waals surface area contributed by atoms with E-state index in [0.717, 1.165) is 17.2 Å². The van der Waals surface area contributed by atoms with E-state index in [4.69, 9.17) is 15.3 Å². The second-order valence-corrected chi connectivity index (χ2v) is 9.63. The maximum absolute atomic E-state index is 13.2. The molecule has 0 aliphatic carbocycles. The van der Waals surface area contributed by atoms with Crippen LogP contribution in [-0.2, 0) is 31.0 Å². The maximum Gasteiger partial charge on any atom is 0.355 e. The Bertz CT molecular complexity index is 1310. The van der Waals surface area contributed by atoms with Crippen LogP contribution in [0.5, 0.6) is 0 Å². The fourth-order valence-electron chi connectivity index (χ4n) is 3.61. The number of hydrogen-bond acceptors (Lipinski definition) is 12. The summed E-state index contributed by atoms with van der Waals surface area (Å²) in [6.07, 6.45) is 6.45. The smallest absolute Gasteiger partial charge is 0.355 e. The molecular formula is C22H24N8O5S2. The number of anilines is 2. The van der Waals surface area contributed by atoms with Gasteiger partial charge in [0.1, 0.15) is 42.3 Å². The normalized spacial score (nSPS) is 19.4. The molecule has 1 fully saturated rings. The fourth-order valence-corrected chi connectivity index (χ4v) is 5.47. The minimum Gasteiger partial charge on any atom is -0.457 e. The van der Waals surface area contributed by atoms with Crippen LogP contribution in [0.2, 0.25) is 0 Å². The molecule has 2 aromatic heterocycles. The number of nitrogens with zero attached hydrogens (tertiary/aromatic N) is 5. The van der Waals surface area contributed by atoms with E-state index in [9.17, 15) is 14.4 Å². The van der Waals surface area contributed by atoms with Gasteiger partial charge in [0.25, 0.3) is 11.8 Å². The number of nitrogens with two attached hydrogens (primary N) is 1. The third-order valence-electron chi connectivity index (χ3n) is 5.31. The number of rotatable bonds is 10. The molecular weight excluding hydrogens is 520 g/mol. The first-order valence-electron chi connectivity index (χ1n) is 10.9. The number of carbonyl (C=O) groups excluding carboxylic acids is 3. The van der Waals surface area contributed by atoms with Crippen LogP contribution in [0.25, 0.3) is 0 Å². The SMILES string of the molecule is C=CCOC(=O)C1=C(/C=C/Nc2ccnn2C)CS[C@@H]2[C@H](NC(=O)/C(=N\OC)c3csc(N)n3)C(=O)N12. The number of esters is 1. The summed E-state index contributed by atoms with van der Waals surface area (Å²) in [5.74, 6) is -0.645. The Kier molecular flexibility index (Phi) is 7.93. The van der Waals surface area contributed by atoms with Crippen molar-refractivity contribution in [3.05, 3.63) is 59.5 Å². The van der Waals surface area contributed by atoms with E-state index in [1.54, 1.807) is 41.6 Å². The lowest BCUT2D eigenvalue weighted by atomic mass is 10.0. The van der Waals surface area contributed by atoms with Crippen LogP contribution >= 0.6 is 23.1 Å². The van der Waals surface area contributed by atoms with E-state index in [1.807, 2.05) is 0 Å². The van der Waals surface area contributed by atoms with Gasteiger partial charge in [-0.05, 0) is 11.6 Å². The fraction of sp³-hybridized carbons (Fsp3) is 0.273. The molecule has 2 aromatic rings. The van der Waals surface area contributed by atoms with Gasteiger partial charge < -0.3 is 25.9 Å². The number of aryl methyl sites for hydroxylation is 1. The van der Waals surface area contributed by atoms with Crippen molar-refractivity contribution in [2.75, 3.05) is 30.5 Å². The molecule has 2 atom stereocenters. The third-order valence-corrected chi connectivity index (χ3v) is 7.28. The molecule has 13 nitrogen and oxygen atoms in total. The van der Waals surface area contributed by atoms with E-state index < -0.39 is 29.2 Å². The Morgan fingerprint density at radius 1 is 1.43 bits per heavy atom. The highest BCUT2D eigenvalue weighted by atomic mass is 32.2. The molecule has 0 radical (unpaired) electrons. The van der Waals surface area contributed by atoms with Gasteiger partial charge in [0.05, 0.1) is 6.20 Å². The molecule has 2 aliphatic rings. The molecule has 0 spiro atoms. The molecule has 37 heavy (non-hydrogen) atoms. The third kappa shape index (κ3) is 5.36. The van der Waals surface area contributed by atoms with Gasteiger partial charge in [-0.2, -0.15) is 5.10 Å². The first kappa shape index (κ1) is 26.0. The molecule has 4 rings (SSSR count). The molecule has 4 N–H and O–H groups in total. The van der Waals surface area contributed by atoms with Crippen molar-refractivity contribution < 1.29 is 24.0 Å². The van der Waals surface area contributed by atoms with Crippen molar-refractivity contribution in [1.82, 2.24) is 25.0 Å². The molecule has 0 aromatic carbocycles. The van der Waals surface area contributed by atoms with Gasteiger partial charge >= 0.3 is 5.97 Å². The zero-order valence-corrected chi connectivity index (χ0v) is 21.5. The first-order valence-corrected chi connectivity index (χ1v) is 12.8. The Morgan fingerprint density at radius 3 is 2.89 bits per heavy atom. The maximum atomic E-state index is 13.2. The number of β-lactam (4-membered cyclic amide) rings is 1. The number of aromatic nitrogens is 3. The predicted octanol–water partition coefficient (Wildman–Crippen LogP) is 0.818. The molecule has 0 bridgehead atoms. The summed E-state index contributed by atoms with van der Waals surface area (Å²) in [5.41, 5.74) is 6.48. The van der Waals surface area contributed by atoms with Crippen molar-refractivity contribution in [2.45, 2.75) is 11.4 Å². The number of nitrogens with one attached hydrogen (secondary N) is 2. The highest BCUT2D eigenvalue weighted by Crippen LogP contribution is 2.41. The van der Waals surface area contributed by atoms with Gasteiger partial charge in [-0.25, -0.2) is 9.78 Å². The lowest BCUT2D eigenvalue weighted by molar-refractivity contribution is -0.152. The van der Waals surface area contributed by atoms with Gasteiger partial charge in [0, 0.05) is 30.4 Å². The van der Waals surface area contributed by atoms with Gasteiger partial charge in [-0.3, -0.25) is 19.2 Å². The van der Waals surface area contributed by atoms with Crippen molar-refractivity contribution in [3.63, 3.8) is 0 Å². The first-order chi connectivity index (χ1) is 17.8. The van der Waals surface area contributed by atoms with E-state index in [0.29, 0.717) is 11.3 Å². The summed E-state index contributed by atoms with van der Waals surface area (Å²) in [5, 5.41) is 14.9. The van der Waals surface area contributed by atoms with Crippen molar-refractivity contribution in [2.24, 2.45) is 12.2 Å². The quantitative estimate of drug-likeness (QED) is 0.128. The number of thioether (sulfide) groups is 1. The molecule has 0 unspecified atom stereocenters. The van der Waals surface area contributed by atoms with Crippen molar-refractivity contribution in [3.8, 4) is 0 Å². The average Bonchev–Trinajstić information content (AvgIpc) is 3.51. The van der Waals surface area contributed by atoms with Crippen LogP contribution in [-0.4, -0.2) is 74.0 Å². The van der Waals surface area contributed by atoms with Crippen LogP contribution in [0.4, 0.5) is 10.9 Å². The van der Waals surface area contributed by atoms with E-state index >= 15 is 0 Å². The highest BCUT2D eigenvalue weighted by molar-refractivity contribution is 8.00. The molecule has 4 heterocycles. The van der Waals surface area contributed by atoms with Crippen LogP contribution in [0.15, 0.2) is 59.0 Å². The number of fused-ring (bicyclic) bond motifs is 1. The van der Waals surface area contributed by atoms with Gasteiger partial charge in [0.15, 0.2) is 10.8 Å². The highest BCUT2D eigenvalue weighted by Gasteiger charge is 2.54. The second-order valence-electron chi connectivity index (χ2n) is 7.63. The number of nitrogen functional groups attached to an aromatic ring is 1. The van der Waals surface area contributed by atoms with Crippen LogP contribution in [0, 0.1) is 0 Å². The molecule has 0 saturated carbocycles. The second kappa shape index (κ2) is 11.3. The Morgan fingerprint density at radius 2 is 2.24 bits per heavy atom. The Balaban J connectivity index is 1.54. The largest absolute Gasteiger partial charge is 0.457 e.